The first-order valence-corrected chi connectivity index (χ1v) is 7.15. The van der Waals surface area contributed by atoms with Gasteiger partial charge in [-0.3, -0.25) is 4.90 Å². The second kappa shape index (κ2) is 4.36. The Kier molecular flexibility index (Phi) is 2.95. The molecular formula is C16H23NO. The third-order valence-corrected chi connectivity index (χ3v) is 4.67. The van der Waals surface area contributed by atoms with Crippen molar-refractivity contribution in [1.82, 2.24) is 4.90 Å². The number of hydrogen-bond donors (Lipinski definition) is 1. The Hall–Kier alpha value is -0.860. The maximum Gasteiger partial charge on any atom is 0.106 e. The van der Waals surface area contributed by atoms with Crippen LogP contribution in [0.5, 0.6) is 0 Å². The highest BCUT2D eigenvalue weighted by Crippen LogP contribution is 2.42. The van der Waals surface area contributed by atoms with Gasteiger partial charge in [0.2, 0.25) is 0 Å². The summed E-state index contributed by atoms with van der Waals surface area (Å²) in [6, 6.07) is 6.86. The highest BCUT2D eigenvalue weighted by molar-refractivity contribution is 5.34. The predicted octanol–water partition coefficient (Wildman–Crippen LogP) is 2.75. The second-order valence-corrected chi connectivity index (χ2v) is 6.10. The van der Waals surface area contributed by atoms with Gasteiger partial charge in [0.15, 0.2) is 0 Å². The lowest BCUT2D eigenvalue weighted by Gasteiger charge is -2.38. The van der Waals surface area contributed by atoms with Crippen LogP contribution in [0, 0.1) is 13.8 Å². The van der Waals surface area contributed by atoms with E-state index in [-0.39, 0.29) is 0 Å². The van der Waals surface area contributed by atoms with Crippen LogP contribution in [-0.2, 0) is 5.60 Å². The van der Waals surface area contributed by atoms with E-state index in [0.717, 1.165) is 31.5 Å². The second-order valence-electron chi connectivity index (χ2n) is 6.10. The Morgan fingerprint density at radius 3 is 2.56 bits per heavy atom. The number of aryl methyl sites for hydroxylation is 2. The molecule has 18 heavy (non-hydrogen) atoms. The van der Waals surface area contributed by atoms with Crippen LogP contribution in [0.2, 0.25) is 0 Å². The van der Waals surface area contributed by atoms with E-state index in [9.17, 15) is 5.11 Å². The van der Waals surface area contributed by atoms with Crippen molar-refractivity contribution in [3.05, 3.63) is 34.9 Å². The van der Waals surface area contributed by atoms with E-state index < -0.39 is 5.60 Å². The van der Waals surface area contributed by atoms with Gasteiger partial charge in [0.1, 0.15) is 5.60 Å². The number of fused-ring (bicyclic) bond motifs is 1. The topological polar surface area (TPSA) is 23.5 Å². The maximum atomic E-state index is 11.2. The van der Waals surface area contributed by atoms with Gasteiger partial charge >= 0.3 is 0 Å². The first-order valence-electron chi connectivity index (χ1n) is 7.15. The van der Waals surface area contributed by atoms with Crippen molar-refractivity contribution in [3.8, 4) is 0 Å². The lowest BCUT2D eigenvalue weighted by Crippen LogP contribution is -2.45. The largest absolute Gasteiger partial charge is 0.383 e. The Bertz CT molecular complexity index is 436. The van der Waals surface area contributed by atoms with Crippen molar-refractivity contribution in [2.75, 3.05) is 13.1 Å². The zero-order chi connectivity index (χ0) is 12.8. The highest BCUT2D eigenvalue weighted by atomic mass is 16.3. The molecule has 2 saturated heterocycles. The molecule has 2 heterocycles. The fraction of sp³-hybridized carbons (Fsp3) is 0.625. The molecule has 0 amide bonds. The molecule has 2 nitrogen and oxygen atoms in total. The molecule has 0 radical (unpaired) electrons. The van der Waals surface area contributed by atoms with Crippen molar-refractivity contribution in [1.29, 1.82) is 0 Å². The van der Waals surface area contributed by atoms with Crippen LogP contribution >= 0.6 is 0 Å². The van der Waals surface area contributed by atoms with E-state index in [4.69, 9.17) is 0 Å². The Balaban J connectivity index is 1.98. The predicted molar refractivity (Wildman–Crippen MR) is 73.6 cm³/mol. The molecule has 98 valence electrons. The van der Waals surface area contributed by atoms with Gasteiger partial charge in [-0.05, 0) is 45.2 Å². The van der Waals surface area contributed by atoms with E-state index >= 15 is 0 Å². The van der Waals surface area contributed by atoms with Crippen molar-refractivity contribution >= 4 is 0 Å². The summed E-state index contributed by atoms with van der Waals surface area (Å²) >= 11 is 0. The molecule has 3 rings (SSSR count). The molecule has 0 aliphatic carbocycles. The summed E-state index contributed by atoms with van der Waals surface area (Å²) in [5.74, 6) is 0. The molecule has 0 bridgehead atoms. The summed E-state index contributed by atoms with van der Waals surface area (Å²) in [4.78, 5) is 2.49. The van der Waals surface area contributed by atoms with E-state index in [1.54, 1.807) is 0 Å². The van der Waals surface area contributed by atoms with Crippen LogP contribution in [0.15, 0.2) is 18.2 Å². The van der Waals surface area contributed by atoms with Gasteiger partial charge in [-0.2, -0.15) is 0 Å². The normalized spacial score (nSPS) is 32.5. The summed E-state index contributed by atoms with van der Waals surface area (Å²) in [6.07, 6.45) is 4.58. The first-order chi connectivity index (χ1) is 8.59. The number of aliphatic hydroxyl groups is 1. The van der Waals surface area contributed by atoms with Gasteiger partial charge in [0, 0.05) is 12.6 Å². The number of rotatable bonds is 1. The van der Waals surface area contributed by atoms with Crippen LogP contribution in [-0.4, -0.2) is 29.1 Å². The molecule has 2 fully saturated rings. The minimum atomic E-state index is -0.614. The molecule has 1 aromatic carbocycles. The minimum Gasteiger partial charge on any atom is -0.383 e. The quantitative estimate of drug-likeness (QED) is 0.822. The van der Waals surface area contributed by atoms with Gasteiger partial charge in [0.25, 0.3) is 0 Å². The summed E-state index contributed by atoms with van der Waals surface area (Å²) in [5, 5.41) is 11.2. The van der Waals surface area contributed by atoms with Crippen LogP contribution < -0.4 is 0 Å². The maximum absolute atomic E-state index is 11.2. The Morgan fingerprint density at radius 1 is 1.11 bits per heavy atom. The van der Waals surface area contributed by atoms with E-state index in [0.29, 0.717) is 6.04 Å². The zero-order valence-corrected chi connectivity index (χ0v) is 11.4. The molecular weight excluding hydrogens is 222 g/mol. The summed E-state index contributed by atoms with van der Waals surface area (Å²) < 4.78 is 0. The first kappa shape index (κ1) is 12.2. The molecule has 1 aromatic rings. The standard InChI is InChI=1S/C16H23NO/c1-12-9-13(2)11-14(10-12)16(18)6-8-17-7-4-3-5-15(16)17/h9-11,15,18H,3-8H2,1-2H3. The SMILES string of the molecule is Cc1cc(C)cc(C2(O)CCN3CCCCC32)c1. The fourth-order valence-corrected chi connectivity index (χ4v) is 3.84. The number of piperidine rings is 1. The lowest BCUT2D eigenvalue weighted by molar-refractivity contribution is -0.0138. The monoisotopic (exact) mass is 245 g/mol. The number of benzene rings is 1. The van der Waals surface area contributed by atoms with Gasteiger partial charge in [-0.1, -0.05) is 35.7 Å². The number of nitrogens with zero attached hydrogens (tertiary/aromatic N) is 1. The van der Waals surface area contributed by atoms with Crippen molar-refractivity contribution < 1.29 is 5.11 Å². The zero-order valence-electron chi connectivity index (χ0n) is 11.4. The van der Waals surface area contributed by atoms with Gasteiger partial charge in [-0.25, -0.2) is 0 Å². The van der Waals surface area contributed by atoms with Gasteiger partial charge in [-0.15, -0.1) is 0 Å². The smallest absolute Gasteiger partial charge is 0.106 e. The molecule has 0 spiro atoms. The Labute approximate surface area is 110 Å². The minimum absolute atomic E-state index is 0.340. The Morgan fingerprint density at radius 2 is 1.83 bits per heavy atom. The number of hydrogen-bond acceptors (Lipinski definition) is 2. The van der Waals surface area contributed by atoms with Crippen LogP contribution in [0.25, 0.3) is 0 Å². The molecule has 2 heteroatoms. The van der Waals surface area contributed by atoms with E-state index in [1.165, 1.54) is 24.0 Å². The molecule has 0 aromatic heterocycles. The molecule has 0 saturated carbocycles. The lowest BCUT2D eigenvalue weighted by atomic mass is 9.82. The third-order valence-electron chi connectivity index (χ3n) is 4.67. The summed E-state index contributed by atoms with van der Waals surface area (Å²) in [5.41, 5.74) is 3.03. The van der Waals surface area contributed by atoms with Crippen molar-refractivity contribution in [2.24, 2.45) is 0 Å². The van der Waals surface area contributed by atoms with Crippen molar-refractivity contribution in [2.45, 2.75) is 51.2 Å². The molecule has 2 aliphatic heterocycles. The average Bonchev–Trinajstić information content (AvgIpc) is 2.68. The molecule has 2 unspecified atom stereocenters. The fourth-order valence-electron chi connectivity index (χ4n) is 3.84. The molecule has 2 aliphatic rings. The highest BCUT2D eigenvalue weighted by Gasteiger charge is 2.47. The molecule has 1 N–H and O–H groups in total. The van der Waals surface area contributed by atoms with Gasteiger partial charge < -0.3 is 5.11 Å². The molecule has 2 atom stereocenters. The van der Waals surface area contributed by atoms with Crippen LogP contribution in [0.4, 0.5) is 0 Å². The van der Waals surface area contributed by atoms with E-state index in [2.05, 4.69) is 36.9 Å². The van der Waals surface area contributed by atoms with Gasteiger partial charge in [0.05, 0.1) is 0 Å². The summed E-state index contributed by atoms with van der Waals surface area (Å²) in [6.45, 7) is 6.45. The summed E-state index contributed by atoms with van der Waals surface area (Å²) in [7, 11) is 0. The van der Waals surface area contributed by atoms with Crippen molar-refractivity contribution in [3.63, 3.8) is 0 Å². The third kappa shape index (κ3) is 1.88. The van der Waals surface area contributed by atoms with Crippen LogP contribution in [0.1, 0.15) is 42.4 Å². The van der Waals surface area contributed by atoms with E-state index in [1.807, 2.05) is 0 Å². The average molecular weight is 245 g/mol. The van der Waals surface area contributed by atoms with Crippen LogP contribution in [0.3, 0.4) is 0 Å².